The average molecular weight is 273 g/mol. The first kappa shape index (κ1) is 14.7. The predicted molar refractivity (Wildman–Crippen MR) is 69.0 cm³/mol. The molecule has 2 N–H and O–H groups in total. The van der Waals surface area contributed by atoms with Crippen molar-refractivity contribution in [3.05, 3.63) is 22.8 Å². The third-order valence-electron chi connectivity index (χ3n) is 2.27. The lowest BCUT2D eigenvalue weighted by atomic mass is 10.2. The topological polar surface area (TPSA) is 71.5 Å². The molecule has 0 aromatic carbocycles. The summed E-state index contributed by atoms with van der Waals surface area (Å²) < 4.78 is 5.18. The largest absolute Gasteiger partial charge is 0.477 e. The maximum absolute atomic E-state index is 11.8. The maximum Gasteiger partial charge on any atom is 0.252 e. The molecule has 0 radical (unpaired) electrons. The van der Waals surface area contributed by atoms with Crippen LogP contribution in [0, 0.1) is 5.92 Å². The Morgan fingerprint density at radius 2 is 2.39 bits per heavy atom. The second-order valence-electron chi connectivity index (χ2n) is 3.94. The van der Waals surface area contributed by atoms with Gasteiger partial charge in [0.15, 0.2) is 0 Å². The molecule has 0 spiro atoms. The van der Waals surface area contributed by atoms with E-state index in [2.05, 4.69) is 10.3 Å². The second kappa shape index (κ2) is 7.18. The first-order chi connectivity index (χ1) is 8.58. The standard InChI is InChI=1S/C12H17ClN2O3/c1-3-18-12-10(13)4-9(6-15-12)11(17)14-5-8(2)7-16/h4,6,8,16H,3,5,7H2,1-2H3,(H,14,17). The first-order valence-corrected chi connectivity index (χ1v) is 6.13. The van der Waals surface area contributed by atoms with Crippen molar-refractivity contribution in [3.63, 3.8) is 0 Å². The molecule has 0 aliphatic rings. The van der Waals surface area contributed by atoms with Crippen LogP contribution in [0.2, 0.25) is 5.02 Å². The number of hydrogen-bond donors (Lipinski definition) is 2. The number of aliphatic hydroxyl groups excluding tert-OH is 1. The highest BCUT2D eigenvalue weighted by molar-refractivity contribution is 6.32. The normalized spacial score (nSPS) is 12.0. The Hall–Kier alpha value is -1.33. The van der Waals surface area contributed by atoms with E-state index in [0.717, 1.165) is 0 Å². The van der Waals surface area contributed by atoms with Crippen LogP contribution >= 0.6 is 11.6 Å². The van der Waals surface area contributed by atoms with E-state index >= 15 is 0 Å². The molecule has 1 rings (SSSR count). The van der Waals surface area contributed by atoms with Gasteiger partial charge in [-0.15, -0.1) is 0 Å². The zero-order valence-electron chi connectivity index (χ0n) is 10.4. The summed E-state index contributed by atoms with van der Waals surface area (Å²) in [5.74, 6) is 0.0623. The summed E-state index contributed by atoms with van der Waals surface area (Å²) in [6, 6.07) is 1.51. The fraction of sp³-hybridized carbons (Fsp3) is 0.500. The van der Waals surface area contributed by atoms with Gasteiger partial charge in [0, 0.05) is 19.3 Å². The van der Waals surface area contributed by atoms with Gasteiger partial charge < -0.3 is 15.2 Å². The number of aliphatic hydroxyl groups is 1. The molecule has 1 unspecified atom stereocenters. The third-order valence-corrected chi connectivity index (χ3v) is 2.54. The van der Waals surface area contributed by atoms with E-state index in [1.165, 1.54) is 12.3 Å². The molecule has 0 saturated carbocycles. The van der Waals surface area contributed by atoms with E-state index in [1.807, 2.05) is 13.8 Å². The minimum Gasteiger partial charge on any atom is -0.477 e. The van der Waals surface area contributed by atoms with Crippen molar-refractivity contribution >= 4 is 17.5 Å². The van der Waals surface area contributed by atoms with Gasteiger partial charge in [0.25, 0.3) is 5.91 Å². The summed E-state index contributed by atoms with van der Waals surface area (Å²) in [7, 11) is 0. The van der Waals surface area contributed by atoms with Crippen molar-refractivity contribution in [2.75, 3.05) is 19.8 Å². The Morgan fingerprint density at radius 1 is 1.67 bits per heavy atom. The van der Waals surface area contributed by atoms with E-state index in [0.29, 0.717) is 29.6 Å². The van der Waals surface area contributed by atoms with Gasteiger partial charge in [-0.05, 0) is 18.9 Å². The third kappa shape index (κ3) is 4.16. The number of pyridine rings is 1. The van der Waals surface area contributed by atoms with Crippen molar-refractivity contribution in [2.45, 2.75) is 13.8 Å². The van der Waals surface area contributed by atoms with Gasteiger partial charge in [-0.2, -0.15) is 0 Å². The van der Waals surface area contributed by atoms with Crippen molar-refractivity contribution in [3.8, 4) is 5.88 Å². The van der Waals surface area contributed by atoms with Crippen LogP contribution in [0.3, 0.4) is 0 Å². The summed E-state index contributed by atoms with van der Waals surface area (Å²) in [4.78, 5) is 15.7. The Kier molecular flexibility index (Phi) is 5.88. The van der Waals surface area contributed by atoms with Gasteiger partial charge in [-0.25, -0.2) is 4.98 Å². The molecule has 1 aromatic rings. The fourth-order valence-corrected chi connectivity index (χ4v) is 1.45. The lowest BCUT2D eigenvalue weighted by Gasteiger charge is -2.10. The molecule has 0 aliphatic carbocycles. The molecule has 0 fully saturated rings. The lowest BCUT2D eigenvalue weighted by molar-refractivity contribution is 0.0942. The number of carbonyl (C=O) groups is 1. The van der Waals surface area contributed by atoms with Crippen molar-refractivity contribution in [1.82, 2.24) is 10.3 Å². The number of hydrogen-bond acceptors (Lipinski definition) is 4. The van der Waals surface area contributed by atoms with Gasteiger partial charge in [0.05, 0.1) is 12.2 Å². The predicted octanol–water partition coefficient (Wildman–Crippen LogP) is 1.49. The lowest BCUT2D eigenvalue weighted by Crippen LogP contribution is -2.29. The number of nitrogens with zero attached hydrogens (tertiary/aromatic N) is 1. The van der Waals surface area contributed by atoms with Crippen LogP contribution < -0.4 is 10.1 Å². The quantitative estimate of drug-likeness (QED) is 0.823. The van der Waals surface area contributed by atoms with Crippen LogP contribution in [0.25, 0.3) is 0 Å². The molecule has 1 atom stereocenters. The van der Waals surface area contributed by atoms with E-state index in [-0.39, 0.29) is 18.4 Å². The van der Waals surface area contributed by atoms with E-state index < -0.39 is 0 Å². The van der Waals surface area contributed by atoms with Gasteiger partial charge in [-0.3, -0.25) is 4.79 Å². The van der Waals surface area contributed by atoms with Gasteiger partial charge in [0.1, 0.15) is 5.02 Å². The minimum atomic E-state index is -0.271. The highest BCUT2D eigenvalue weighted by atomic mass is 35.5. The molecule has 6 heteroatoms. The number of halogens is 1. The summed E-state index contributed by atoms with van der Waals surface area (Å²) in [6.07, 6.45) is 1.41. The second-order valence-corrected chi connectivity index (χ2v) is 4.35. The average Bonchev–Trinajstić information content (AvgIpc) is 2.38. The monoisotopic (exact) mass is 272 g/mol. The summed E-state index contributed by atoms with van der Waals surface area (Å²) in [6.45, 7) is 4.56. The number of rotatable bonds is 6. The Labute approximate surface area is 111 Å². The molecular weight excluding hydrogens is 256 g/mol. The number of amides is 1. The number of carbonyl (C=O) groups excluding carboxylic acids is 1. The molecule has 1 aromatic heterocycles. The van der Waals surface area contributed by atoms with E-state index in [1.54, 1.807) is 0 Å². The van der Waals surface area contributed by atoms with Crippen LogP contribution in [-0.2, 0) is 0 Å². The maximum atomic E-state index is 11.8. The first-order valence-electron chi connectivity index (χ1n) is 5.75. The van der Waals surface area contributed by atoms with Crippen molar-refractivity contribution in [2.24, 2.45) is 5.92 Å². The van der Waals surface area contributed by atoms with E-state index in [4.69, 9.17) is 21.4 Å². The van der Waals surface area contributed by atoms with Gasteiger partial charge >= 0.3 is 0 Å². The number of ether oxygens (including phenoxy) is 1. The highest BCUT2D eigenvalue weighted by Crippen LogP contribution is 2.22. The van der Waals surface area contributed by atoms with E-state index in [9.17, 15) is 4.79 Å². The molecule has 1 heterocycles. The van der Waals surface area contributed by atoms with Crippen LogP contribution in [0.15, 0.2) is 12.3 Å². The number of aromatic nitrogens is 1. The fourth-order valence-electron chi connectivity index (χ4n) is 1.23. The van der Waals surface area contributed by atoms with Crippen LogP contribution in [0.1, 0.15) is 24.2 Å². The van der Waals surface area contributed by atoms with Crippen LogP contribution in [0.5, 0.6) is 5.88 Å². The SMILES string of the molecule is CCOc1ncc(C(=O)NCC(C)CO)cc1Cl. The van der Waals surface area contributed by atoms with Crippen LogP contribution in [-0.4, -0.2) is 35.8 Å². The van der Waals surface area contributed by atoms with Gasteiger partial charge in [-0.1, -0.05) is 18.5 Å². The Bertz CT molecular complexity index is 412. The number of nitrogens with one attached hydrogen (secondary N) is 1. The summed E-state index contributed by atoms with van der Waals surface area (Å²) in [5, 5.41) is 11.9. The Morgan fingerprint density at radius 3 is 2.94 bits per heavy atom. The zero-order valence-corrected chi connectivity index (χ0v) is 11.2. The molecule has 1 amide bonds. The molecule has 0 bridgehead atoms. The molecule has 18 heavy (non-hydrogen) atoms. The van der Waals surface area contributed by atoms with Crippen molar-refractivity contribution < 1.29 is 14.6 Å². The summed E-state index contributed by atoms with van der Waals surface area (Å²) >= 11 is 5.93. The molecule has 5 nitrogen and oxygen atoms in total. The summed E-state index contributed by atoms with van der Waals surface area (Å²) in [5.41, 5.74) is 0.369. The zero-order chi connectivity index (χ0) is 13.5. The van der Waals surface area contributed by atoms with Crippen LogP contribution in [0.4, 0.5) is 0 Å². The molecule has 0 saturated heterocycles. The smallest absolute Gasteiger partial charge is 0.252 e. The molecule has 100 valence electrons. The molecular formula is C12H17ClN2O3. The van der Waals surface area contributed by atoms with Crippen molar-refractivity contribution in [1.29, 1.82) is 0 Å². The molecule has 0 aliphatic heterocycles. The van der Waals surface area contributed by atoms with Gasteiger partial charge in [0.2, 0.25) is 5.88 Å². The Balaban J connectivity index is 2.66. The highest BCUT2D eigenvalue weighted by Gasteiger charge is 2.11. The minimum absolute atomic E-state index is 0.0140.